The maximum Gasteiger partial charge on any atom is 0.336 e. The fourth-order valence-electron chi connectivity index (χ4n) is 1.80. The van der Waals surface area contributed by atoms with Crippen molar-refractivity contribution >= 4 is 33.2 Å². The van der Waals surface area contributed by atoms with Crippen molar-refractivity contribution in [3.8, 4) is 0 Å². The van der Waals surface area contributed by atoms with E-state index in [2.05, 4.69) is 47.1 Å². The van der Waals surface area contributed by atoms with Gasteiger partial charge in [0.15, 0.2) is 0 Å². The zero-order chi connectivity index (χ0) is 14.9. The van der Waals surface area contributed by atoms with Gasteiger partial charge in [-0.15, -0.1) is 11.3 Å². The zero-order valence-corrected chi connectivity index (χ0v) is 14.0. The summed E-state index contributed by atoms with van der Waals surface area (Å²) < 4.78 is 0.771. The molecular formula is C15H16BrNO2S. The Balaban J connectivity index is 2.31. The van der Waals surface area contributed by atoms with Crippen LogP contribution in [0.3, 0.4) is 0 Å². The SMILES string of the molecule is CC(C)(C)c1csc(Cc2ccc(Br)cc2C(=O)O)n1. The first-order valence-corrected chi connectivity index (χ1v) is 7.91. The number of rotatable bonds is 3. The molecule has 106 valence electrons. The Hall–Kier alpha value is -1.20. The van der Waals surface area contributed by atoms with E-state index >= 15 is 0 Å². The van der Waals surface area contributed by atoms with E-state index in [0.29, 0.717) is 12.0 Å². The molecule has 0 saturated heterocycles. The molecule has 3 nitrogen and oxygen atoms in total. The number of halogens is 1. The van der Waals surface area contributed by atoms with Crippen molar-refractivity contribution in [2.45, 2.75) is 32.6 Å². The largest absolute Gasteiger partial charge is 0.478 e. The van der Waals surface area contributed by atoms with Gasteiger partial charge < -0.3 is 5.11 Å². The maximum atomic E-state index is 11.3. The van der Waals surface area contributed by atoms with Crippen LogP contribution in [-0.2, 0) is 11.8 Å². The number of aromatic carboxylic acids is 1. The number of aromatic nitrogens is 1. The van der Waals surface area contributed by atoms with Crippen LogP contribution in [0.5, 0.6) is 0 Å². The number of benzene rings is 1. The minimum absolute atomic E-state index is 0.0180. The highest BCUT2D eigenvalue weighted by Crippen LogP contribution is 2.26. The van der Waals surface area contributed by atoms with Gasteiger partial charge in [0, 0.05) is 21.7 Å². The molecule has 0 atom stereocenters. The summed E-state index contributed by atoms with van der Waals surface area (Å²) in [5.41, 5.74) is 2.18. The Labute approximate surface area is 130 Å². The smallest absolute Gasteiger partial charge is 0.336 e. The number of hydrogen-bond acceptors (Lipinski definition) is 3. The Morgan fingerprint density at radius 1 is 1.40 bits per heavy atom. The molecule has 2 aromatic rings. The van der Waals surface area contributed by atoms with Crippen molar-refractivity contribution in [1.29, 1.82) is 0 Å². The van der Waals surface area contributed by atoms with Crippen LogP contribution in [0.2, 0.25) is 0 Å². The molecule has 0 saturated carbocycles. The number of nitrogens with zero attached hydrogens (tertiary/aromatic N) is 1. The number of carboxylic acid groups (broad SMARTS) is 1. The van der Waals surface area contributed by atoms with Crippen LogP contribution < -0.4 is 0 Å². The summed E-state index contributed by atoms with van der Waals surface area (Å²) in [6, 6.07) is 5.34. The zero-order valence-electron chi connectivity index (χ0n) is 11.6. The molecule has 2 rings (SSSR count). The molecular weight excluding hydrogens is 338 g/mol. The number of carboxylic acids is 1. The lowest BCUT2D eigenvalue weighted by Gasteiger charge is -2.14. The molecule has 0 spiro atoms. The van der Waals surface area contributed by atoms with Crippen molar-refractivity contribution < 1.29 is 9.90 Å². The highest BCUT2D eigenvalue weighted by molar-refractivity contribution is 9.10. The van der Waals surface area contributed by atoms with Crippen LogP contribution in [0.1, 0.15) is 47.4 Å². The lowest BCUT2D eigenvalue weighted by molar-refractivity contribution is 0.0696. The average Bonchev–Trinajstić information content (AvgIpc) is 2.79. The molecule has 1 N–H and O–H groups in total. The lowest BCUT2D eigenvalue weighted by Crippen LogP contribution is -2.11. The number of carbonyl (C=O) groups is 1. The van der Waals surface area contributed by atoms with Crippen molar-refractivity contribution in [2.75, 3.05) is 0 Å². The number of thiazole rings is 1. The first-order chi connectivity index (χ1) is 9.27. The van der Waals surface area contributed by atoms with Gasteiger partial charge in [-0.2, -0.15) is 0 Å². The van der Waals surface area contributed by atoms with Crippen LogP contribution >= 0.6 is 27.3 Å². The highest BCUT2D eigenvalue weighted by atomic mass is 79.9. The predicted molar refractivity (Wildman–Crippen MR) is 84.7 cm³/mol. The first-order valence-electron chi connectivity index (χ1n) is 6.24. The average molecular weight is 354 g/mol. The van der Waals surface area contributed by atoms with Crippen molar-refractivity contribution in [1.82, 2.24) is 4.98 Å². The third kappa shape index (κ3) is 3.46. The Morgan fingerprint density at radius 3 is 2.65 bits per heavy atom. The lowest BCUT2D eigenvalue weighted by atomic mass is 9.93. The summed E-state index contributed by atoms with van der Waals surface area (Å²) in [5, 5.41) is 12.3. The molecule has 0 bridgehead atoms. The van der Waals surface area contributed by atoms with Gasteiger partial charge in [0.1, 0.15) is 0 Å². The van der Waals surface area contributed by atoms with E-state index in [9.17, 15) is 9.90 Å². The molecule has 1 heterocycles. The fraction of sp³-hybridized carbons (Fsp3) is 0.333. The summed E-state index contributed by atoms with van der Waals surface area (Å²) in [4.78, 5) is 15.9. The Bertz CT molecular complexity index is 644. The summed E-state index contributed by atoms with van der Waals surface area (Å²) in [6.07, 6.45) is 0.551. The molecule has 1 aromatic heterocycles. The van der Waals surface area contributed by atoms with Crippen LogP contribution in [0.25, 0.3) is 0 Å². The summed E-state index contributed by atoms with van der Waals surface area (Å²) in [5.74, 6) is -0.908. The van der Waals surface area contributed by atoms with Crippen LogP contribution in [0, 0.1) is 0 Å². The van der Waals surface area contributed by atoms with Gasteiger partial charge in [-0.1, -0.05) is 42.8 Å². The third-order valence-electron chi connectivity index (χ3n) is 2.96. The molecule has 0 aliphatic heterocycles. The molecule has 0 aliphatic carbocycles. The second-order valence-electron chi connectivity index (χ2n) is 5.66. The molecule has 0 unspecified atom stereocenters. The third-order valence-corrected chi connectivity index (χ3v) is 4.31. The quantitative estimate of drug-likeness (QED) is 0.883. The molecule has 5 heteroatoms. The van der Waals surface area contributed by atoms with Crippen molar-refractivity contribution in [2.24, 2.45) is 0 Å². The summed E-state index contributed by atoms with van der Waals surface area (Å²) >= 11 is 4.88. The Morgan fingerprint density at radius 2 is 2.10 bits per heavy atom. The van der Waals surface area contributed by atoms with Gasteiger partial charge in [-0.3, -0.25) is 0 Å². The predicted octanol–water partition coefficient (Wildman–Crippen LogP) is 4.49. The van der Waals surface area contributed by atoms with Gasteiger partial charge >= 0.3 is 5.97 Å². The molecule has 0 radical (unpaired) electrons. The number of hydrogen-bond donors (Lipinski definition) is 1. The van der Waals surface area contributed by atoms with E-state index in [1.807, 2.05) is 12.1 Å². The van der Waals surface area contributed by atoms with E-state index in [1.165, 1.54) is 0 Å². The van der Waals surface area contributed by atoms with E-state index in [4.69, 9.17) is 0 Å². The summed E-state index contributed by atoms with van der Waals surface area (Å²) in [6.45, 7) is 6.36. The van der Waals surface area contributed by atoms with Crippen molar-refractivity contribution in [3.05, 3.63) is 49.9 Å². The van der Waals surface area contributed by atoms with E-state index in [-0.39, 0.29) is 5.41 Å². The van der Waals surface area contributed by atoms with Crippen LogP contribution in [0.4, 0.5) is 0 Å². The second-order valence-corrected chi connectivity index (χ2v) is 7.52. The summed E-state index contributed by atoms with van der Waals surface area (Å²) in [7, 11) is 0. The fourth-order valence-corrected chi connectivity index (χ4v) is 3.21. The maximum absolute atomic E-state index is 11.3. The highest BCUT2D eigenvalue weighted by Gasteiger charge is 2.18. The molecule has 0 fully saturated rings. The van der Waals surface area contributed by atoms with E-state index < -0.39 is 5.97 Å². The normalized spacial score (nSPS) is 11.6. The topological polar surface area (TPSA) is 50.2 Å². The molecule has 1 aromatic carbocycles. The minimum atomic E-state index is -0.908. The molecule has 20 heavy (non-hydrogen) atoms. The van der Waals surface area contributed by atoms with Gasteiger partial charge in [-0.25, -0.2) is 9.78 Å². The molecule has 0 aliphatic rings. The van der Waals surface area contributed by atoms with Crippen LogP contribution in [0.15, 0.2) is 28.1 Å². The Kier molecular flexibility index (Phi) is 4.30. The van der Waals surface area contributed by atoms with Crippen molar-refractivity contribution in [3.63, 3.8) is 0 Å². The first kappa shape index (κ1) is 15.2. The van der Waals surface area contributed by atoms with E-state index in [0.717, 1.165) is 20.7 Å². The van der Waals surface area contributed by atoms with Gasteiger partial charge in [0.05, 0.1) is 16.3 Å². The van der Waals surface area contributed by atoms with Crippen LogP contribution in [-0.4, -0.2) is 16.1 Å². The van der Waals surface area contributed by atoms with Gasteiger partial charge in [-0.05, 0) is 17.7 Å². The van der Waals surface area contributed by atoms with Gasteiger partial charge in [0.25, 0.3) is 0 Å². The van der Waals surface area contributed by atoms with E-state index in [1.54, 1.807) is 17.4 Å². The monoisotopic (exact) mass is 353 g/mol. The molecule has 0 amide bonds. The van der Waals surface area contributed by atoms with Gasteiger partial charge in [0.2, 0.25) is 0 Å². The standard InChI is InChI=1S/C15H16BrNO2S/c1-15(2,3)12-8-20-13(17-12)6-9-4-5-10(16)7-11(9)14(18)19/h4-5,7-8H,6H2,1-3H3,(H,18,19). The minimum Gasteiger partial charge on any atom is -0.478 e. The second kappa shape index (κ2) is 5.66.